The third-order valence-corrected chi connectivity index (χ3v) is 4.07. The molecule has 1 aromatic heterocycles. The molecule has 0 radical (unpaired) electrons. The number of rotatable bonds is 7. The second-order valence-corrected chi connectivity index (χ2v) is 5.57. The molecule has 0 aliphatic carbocycles. The van der Waals surface area contributed by atoms with Crippen molar-refractivity contribution in [2.45, 2.75) is 31.9 Å². The largest absolute Gasteiger partial charge is 0.348 e. The van der Waals surface area contributed by atoms with E-state index in [0.717, 1.165) is 5.75 Å². The fourth-order valence-corrected chi connectivity index (χ4v) is 2.92. The van der Waals surface area contributed by atoms with Crippen LogP contribution in [-0.4, -0.2) is 15.7 Å². The number of aromatic amines is 1. The monoisotopic (exact) mass is 260 g/mol. The highest BCUT2D eigenvalue weighted by Crippen LogP contribution is 2.15. The van der Waals surface area contributed by atoms with E-state index in [1.165, 1.54) is 42.0 Å². The Morgan fingerprint density at radius 2 is 2.00 bits per heavy atom. The molecule has 1 aromatic carbocycles. The fraction of sp³-hybridized carbons (Fsp3) is 0.400. The number of nitrogens with one attached hydrogen (secondary N) is 1. The molecule has 1 N–H and O–H groups in total. The standard InChI is InChI=1S/C15H20N2S/c1-13-15(17-12-16-13)11-18-10-6-5-9-14-7-3-2-4-8-14/h2-4,7-8,12H,5-6,9-11H2,1H3,(H,16,17). The van der Waals surface area contributed by atoms with Crippen molar-refractivity contribution in [3.63, 3.8) is 0 Å². The van der Waals surface area contributed by atoms with Crippen LogP contribution in [0.15, 0.2) is 36.7 Å². The number of thioether (sulfide) groups is 1. The Balaban J connectivity index is 1.56. The van der Waals surface area contributed by atoms with Crippen molar-refractivity contribution in [3.05, 3.63) is 53.6 Å². The van der Waals surface area contributed by atoms with E-state index in [-0.39, 0.29) is 0 Å². The summed E-state index contributed by atoms with van der Waals surface area (Å²) in [7, 11) is 0. The van der Waals surface area contributed by atoms with Crippen molar-refractivity contribution in [1.82, 2.24) is 9.97 Å². The predicted octanol–water partition coefficient (Wildman–Crippen LogP) is 3.97. The molecule has 0 aliphatic rings. The number of aromatic nitrogens is 2. The number of hydrogen-bond acceptors (Lipinski definition) is 2. The van der Waals surface area contributed by atoms with Gasteiger partial charge in [0.1, 0.15) is 0 Å². The van der Waals surface area contributed by atoms with E-state index in [2.05, 4.69) is 47.2 Å². The summed E-state index contributed by atoms with van der Waals surface area (Å²) in [5.41, 5.74) is 3.85. The van der Waals surface area contributed by atoms with Crippen molar-refractivity contribution in [3.8, 4) is 0 Å². The number of benzene rings is 1. The summed E-state index contributed by atoms with van der Waals surface area (Å²) in [6.07, 6.45) is 5.53. The van der Waals surface area contributed by atoms with Gasteiger partial charge in [0, 0.05) is 11.4 Å². The molecule has 0 aliphatic heterocycles. The molecule has 0 spiro atoms. The SMILES string of the molecule is Cc1[nH]cnc1CSCCCCc1ccccc1. The lowest BCUT2D eigenvalue weighted by Crippen LogP contribution is -1.89. The second kappa shape index (κ2) is 7.27. The van der Waals surface area contributed by atoms with E-state index in [4.69, 9.17) is 0 Å². The number of hydrogen-bond donors (Lipinski definition) is 1. The van der Waals surface area contributed by atoms with Crippen LogP contribution in [0.25, 0.3) is 0 Å². The second-order valence-electron chi connectivity index (χ2n) is 4.47. The Labute approximate surface area is 113 Å². The molecule has 18 heavy (non-hydrogen) atoms. The summed E-state index contributed by atoms with van der Waals surface area (Å²) in [4.78, 5) is 7.42. The summed E-state index contributed by atoms with van der Waals surface area (Å²) in [5.74, 6) is 2.25. The highest BCUT2D eigenvalue weighted by atomic mass is 32.2. The average Bonchev–Trinajstić information content (AvgIpc) is 2.81. The van der Waals surface area contributed by atoms with Gasteiger partial charge in [-0.1, -0.05) is 30.3 Å². The van der Waals surface area contributed by atoms with Gasteiger partial charge in [-0.2, -0.15) is 11.8 Å². The molecule has 0 unspecified atom stereocenters. The smallest absolute Gasteiger partial charge is 0.0925 e. The van der Waals surface area contributed by atoms with Gasteiger partial charge in [-0.25, -0.2) is 4.98 Å². The van der Waals surface area contributed by atoms with Crippen LogP contribution in [0.3, 0.4) is 0 Å². The molecular formula is C15H20N2S. The number of nitrogens with zero attached hydrogens (tertiary/aromatic N) is 1. The van der Waals surface area contributed by atoms with Crippen LogP contribution in [-0.2, 0) is 12.2 Å². The van der Waals surface area contributed by atoms with Crippen molar-refractivity contribution in [2.24, 2.45) is 0 Å². The molecule has 2 aromatic rings. The zero-order valence-corrected chi connectivity index (χ0v) is 11.7. The lowest BCUT2D eigenvalue weighted by Gasteiger charge is -2.02. The predicted molar refractivity (Wildman–Crippen MR) is 78.9 cm³/mol. The van der Waals surface area contributed by atoms with Gasteiger partial charge in [-0.15, -0.1) is 0 Å². The fourth-order valence-electron chi connectivity index (χ4n) is 1.88. The van der Waals surface area contributed by atoms with E-state index in [0.29, 0.717) is 0 Å². The normalized spacial score (nSPS) is 10.7. The first-order chi connectivity index (χ1) is 8.86. The number of imidazole rings is 1. The van der Waals surface area contributed by atoms with Crippen LogP contribution in [0, 0.1) is 6.92 Å². The lowest BCUT2D eigenvalue weighted by atomic mass is 10.1. The van der Waals surface area contributed by atoms with Crippen LogP contribution in [0.5, 0.6) is 0 Å². The zero-order chi connectivity index (χ0) is 12.6. The molecule has 96 valence electrons. The Morgan fingerprint density at radius 1 is 1.17 bits per heavy atom. The van der Waals surface area contributed by atoms with Crippen molar-refractivity contribution in [1.29, 1.82) is 0 Å². The van der Waals surface area contributed by atoms with Gasteiger partial charge in [0.15, 0.2) is 0 Å². The van der Waals surface area contributed by atoms with E-state index < -0.39 is 0 Å². The minimum atomic E-state index is 1.03. The van der Waals surface area contributed by atoms with Gasteiger partial charge in [0.25, 0.3) is 0 Å². The lowest BCUT2D eigenvalue weighted by molar-refractivity contribution is 0.802. The van der Waals surface area contributed by atoms with Crippen LogP contribution < -0.4 is 0 Å². The number of H-pyrrole nitrogens is 1. The van der Waals surface area contributed by atoms with Gasteiger partial charge >= 0.3 is 0 Å². The molecule has 0 fully saturated rings. The van der Waals surface area contributed by atoms with Crippen molar-refractivity contribution in [2.75, 3.05) is 5.75 Å². The minimum absolute atomic E-state index is 1.03. The maximum atomic E-state index is 4.30. The van der Waals surface area contributed by atoms with Gasteiger partial charge in [-0.05, 0) is 37.5 Å². The van der Waals surface area contributed by atoms with Crippen LogP contribution in [0.4, 0.5) is 0 Å². The molecule has 0 saturated carbocycles. The van der Waals surface area contributed by atoms with Crippen LogP contribution >= 0.6 is 11.8 Å². The Kier molecular flexibility index (Phi) is 5.34. The topological polar surface area (TPSA) is 28.7 Å². The van der Waals surface area contributed by atoms with Gasteiger partial charge < -0.3 is 4.98 Å². The Bertz CT molecular complexity index is 451. The van der Waals surface area contributed by atoms with Gasteiger partial charge in [0.2, 0.25) is 0 Å². The van der Waals surface area contributed by atoms with Gasteiger partial charge in [-0.3, -0.25) is 0 Å². The first kappa shape index (κ1) is 13.2. The van der Waals surface area contributed by atoms with Crippen molar-refractivity contribution < 1.29 is 0 Å². The molecule has 1 heterocycles. The van der Waals surface area contributed by atoms with E-state index in [1.807, 2.05) is 11.8 Å². The Morgan fingerprint density at radius 3 is 2.72 bits per heavy atom. The summed E-state index contributed by atoms with van der Waals surface area (Å²) < 4.78 is 0. The molecule has 0 bridgehead atoms. The highest BCUT2D eigenvalue weighted by molar-refractivity contribution is 7.98. The molecule has 2 nitrogen and oxygen atoms in total. The van der Waals surface area contributed by atoms with E-state index in [9.17, 15) is 0 Å². The van der Waals surface area contributed by atoms with E-state index >= 15 is 0 Å². The quantitative estimate of drug-likeness (QED) is 0.763. The first-order valence-corrected chi connectivity index (χ1v) is 7.62. The maximum Gasteiger partial charge on any atom is 0.0925 e. The third kappa shape index (κ3) is 4.22. The number of aryl methyl sites for hydroxylation is 2. The summed E-state index contributed by atoms with van der Waals surface area (Å²) in [6.45, 7) is 2.08. The number of unbranched alkanes of at least 4 members (excludes halogenated alkanes) is 1. The highest BCUT2D eigenvalue weighted by Gasteiger charge is 2.00. The molecule has 0 atom stereocenters. The molecule has 2 rings (SSSR count). The van der Waals surface area contributed by atoms with Crippen molar-refractivity contribution >= 4 is 11.8 Å². The zero-order valence-electron chi connectivity index (χ0n) is 10.9. The molecule has 0 amide bonds. The summed E-state index contributed by atoms with van der Waals surface area (Å²) in [6, 6.07) is 10.7. The molecule has 0 saturated heterocycles. The van der Waals surface area contributed by atoms with Gasteiger partial charge in [0.05, 0.1) is 12.0 Å². The van der Waals surface area contributed by atoms with E-state index in [1.54, 1.807) is 6.33 Å². The summed E-state index contributed by atoms with van der Waals surface area (Å²) >= 11 is 1.98. The third-order valence-electron chi connectivity index (χ3n) is 3.02. The van der Waals surface area contributed by atoms with Crippen LogP contribution in [0.1, 0.15) is 29.8 Å². The van der Waals surface area contributed by atoms with Crippen LogP contribution in [0.2, 0.25) is 0 Å². The average molecular weight is 260 g/mol. The minimum Gasteiger partial charge on any atom is -0.348 e. The maximum absolute atomic E-state index is 4.30. The summed E-state index contributed by atoms with van der Waals surface area (Å²) in [5, 5.41) is 0. The molecular weight excluding hydrogens is 240 g/mol. The Hall–Kier alpha value is -1.22. The first-order valence-electron chi connectivity index (χ1n) is 6.47. The molecule has 3 heteroatoms.